The molecule has 0 heterocycles. The number of hydrogen-bond donors (Lipinski definition) is 0. The average molecular weight is 812 g/mol. The van der Waals surface area contributed by atoms with E-state index in [9.17, 15) is 0 Å². The van der Waals surface area contributed by atoms with E-state index in [-0.39, 0.29) is 0 Å². The Labute approximate surface area is 373 Å². The van der Waals surface area contributed by atoms with E-state index in [1.807, 2.05) is 0 Å². The highest BCUT2D eigenvalue weighted by atomic mass is 15.1. The van der Waals surface area contributed by atoms with E-state index < -0.39 is 5.41 Å². The molecule has 2 aliphatic carbocycles. The molecule has 0 bridgehead atoms. The molecule has 0 aromatic heterocycles. The minimum absolute atomic E-state index is 0.426. The first kappa shape index (κ1) is 36.4. The summed E-state index contributed by atoms with van der Waals surface area (Å²) in [6.07, 6.45) is 0. The van der Waals surface area contributed by atoms with Crippen molar-refractivity contribution >= 4 is 38.6 Å². The van der Waals surface area contributed by atoms with Crippen LogP contribution in [0.5, 0.6) is 0 Å². The molecule has 0 fully saturated rings. The highest BCUT2D eigenvalue weighted by Crippen LogP contribution is 2.63. The molecular weight excluding hydrogens is 771 g/mol. The zero-order chi connectivity index (χ0) is 42.2. The maximum absolute atomic E-state index is 2.48. The fourth-order valence-electron chi connectivity index (χ4n) is 11.1. The number of rotatable bonds is 6. The zero-order valence-electron chi connectivity index (χ0n) is 35.1. The van der Waals surface area contributed by atoms with Gasteiger partial charge in [0.2, 0.25) is 0 Å². The van der Waals surface area contributed by atoms with Crippen molar-refractivity contribution in [2.45, 2.75) is 5.41 Å². The van der Waals surface area contributed by atoms with Crippen LogP contribution in [0.3, 0.4) is 0 Å². The summed E-state index contributed by atoms with van der Waals surface area (Å²) in [7, 11) is 0. The second-order valence-corrected chi connectivity index (χ2v) is 17.2. The summed E-state index contributed by atoms with van der Waals surface area (Å²) >= 11 is 0. The first-order valence-electron chi connectivity index (χ1n) is 22.2. The van der Waals surface area contributed by atoms with E-state index in [0.717, 1.165) is 17.1 Å². The lowest BCUT2D eigenvalue weighted by Gasteiger charge is -2.32. The van der Waals surface area contributed by atoms with E-state index in [1.165, 1.54) is 99.4 Å². The summed E-state index contributed by atoms with van der Waals surface area (Å²) < 4.78 is 0. The maximum Gasteiger partial charge on any atom is 0.0726 e. The maximum atomic E-state index is 2.48. The molecular formula is C63H41N. The summed E-state index contributed by atoms with van der Waals surface area (Å²) in [6, 6.07) is 92.1. The fraction of sp³-hybridized carbons (Fsp3) is 0.0159. The molecule has 11 aromatic carbocycles. The molecule has 0 saturated carbocycles. The van der Waals surface area contributed by atoms with Gasteiger partial charge in [0.15, 0.2) is 0 Å². The Kier molecular flexibility index (Phi) is 8.20. The van der Waals surface area contributed by atoms with Crippen LogP contribution in [0.15, 0.2) is 249 Å². The van der Waals surface area contributed by atoms with Crippen molar-refractivity contribution in [1.82, 2.24) is 0 Å². The molecule has 0 saturated heterocycles. The Hall–Kier alpha value is -8.26. The molecule has 0 radical (unpaired) electrons. The molecule has 11 aromatic rings. The lowest BCUT2D eigenvalue weighted by molar-refractivity contribution is 0.793. The molecule has 0 aliphatic heterocycles. The van der Waals surface area contributed by atoms with Gasteiger partial charge in [-0.3, -0.25) is 0 Å². The van der Waals surface area contributed by atoms with Crippen molar-refractivity contribution < 1.29 is 0 Å². The van der Waals surface area contributed by atoms with Crippen molar-refractivity contribution in [3.8, 4) is 55.6 Å². The zero-order valence-corrected chi connectivity index (χ0v) is 35.1. The monoisotopic (exact) mass is 811 g/mol. The summed E-state index contributed by atoms with van der Waals surface area (Å²) in [6.45, 7) is 0. The van der Waals surface area contributed by atoms with Crippen molar-refractivity contribution in [3.05, 3.63) is 271 Å². The number of fused-ring (bicyclic) bond motifs is 12. The van der Waals surface area contributed by atoms with Gasteiger partial charge in [0.25, 0.3) is 0 Å². The smallest absolute Gasteiger partial charge is 0.0726 e. The van der Waals surface area contributed by atoms with Gasteiger partial charge >= 0.3 is 0 Å². The highest BCUT2D eigenvalue weighted by molar-refractivity contribution is 6.04. The van der Waals surface area contributed by atoms with Crippen LogP contribution in [0.25, 0.3) is 77.2 Å². The van der Waals surface area contributed by atoms with Crippen LogP contribution in [0, 0.1) is 0 Å². The van der Waals surface area contributed by atoms with Gasteiger partial charge in [-0.2, -0.15) is 0 Å². The Morgan fingerprint density at radius 2 is 0.750 bits per heavy atom. The molecule has 1 nitrogen and oxygen atoms in total. The van der Waals surface area contributed by atoms with Crippen LogP contribution in [0.4, 0.5) is 17.1 Å². The third-order valence-electron chi connectivity index (χ3n) is 13.9. The molecule has 2 aliphatic rings. The van der Waals surface area contributed by atoms with Crippen LogP contribution >= 0.6 is 0 Å². The van der Waals surface area contributed by atoms with E-state index in [1.54, 1.807) is 0 Å². The summed E-state index contributed by atoms with van der Waals surface area (Å²) in [4.78, 5) is 2.44. The first-order valence-corrected chi connectivity index (χ1v) is 22.2. The number of hydrogen-bond acceptors (Lipinski definition) is 1. The standard InChI is InChI=1S/C63H41N/c1-2-17-45(18-3-1)62-52-22-7-6-16-44(52)32-37-53(62)48-21-14-20-46(39-48)43-29-33-49(34-30-43)64(50-35-31-42-15-4-5-19-47(42)40-50)51-36-38-57-56-25-10-13-28-60(56)63(61(57)41-51)58-26-11-8-23-54(58)55-24-9-12-27-59(55)63/h1-41H. The van der Waals surface area contributed by atoms with E-state index in [0.29, 0.717) is 0 Å². The summed E-state index contributed by atoms with van der Waals surface area (Å²) in [5.74, 6) is 0. The Balaban J connectivity index is 0.958. The van der Waals surface area contributed by atoms with Gasteiger partial charge in [0, 0.05) is 17.1 Å². The highest BCUT2D eigenvalue weighted by Gasteiger charge is 2.51. The van der Waals surface area contributed by atoms with Gasteiger partial charge in [-0.15, -0.1) is 0 Å². The van der Waals surface area contributed by atoms with E-state index in [4.69, 9.17) is 0 Å². The largest absolute Gasteiger partial charge is 0.310 e. The van der Waals surface area contributed by atoms with Crippen molar-refractivity contribution in [2.75, 3.05) is 4.90 Å². The lowest BCUT2D eigenvalue weighted by Crippen LogP contribution is -2.26. The van der Waals surface area contributed by atoms with Gasteiger partial charge < -0.3 is 4.90 Å². The Morgan fingerprint density at radius 3 is 1.47 bits per heavy atom. The second-order valence-electron chi connectivity index (χ2n) is 17.2. The fourth-order valence-corrected chi connectivity index (χ4v) is 11.1. The number of benzene rings is 11. The van der Waals surface area contributed by atoms with Crippen molar-refractivity contribution in [1.29, 1.82) is 0 Å². The molecule has 1 spiro atoms. The third kappa shape index (κ3) is 5.44. The summed E-state index contributed by atoms with van der Waals surface area (Å²) in [5, 5.41) is 4.95. The Morgan fingerprint density at radius 1 is 0.250 bits per heavy atom. The SMILES string of the molecule is c1ccc(-c2c(-c3cccc(-c4ccc(N(c5ccc6c(c5)C5(c7ccccc7-c7ccccc75)c5ccccc5-6)c5ccc6ccccc6c5)cc4)c3)ccc3ccccc23)cc1. The van der Waals surface area contributed by atoms with Crippen LogP contribution in [-0.4, -0.2) is 0 Å². The normalized spacial score (nSPS) is 12.8. The van der Waals surface area contributed by atoms with E-state index in [2.05, 4.69) is 254 Å². The van der Waals surface area contributed by atoms with Gasteiger partial charge in [-0.05, 0) is 142 Å². The van der Waals surface area contributed by atoms with Crippen LogP contribution in [-0.2, 0) is 5.41 Å². The topological polar surface area (TPSA) is 3.24 Å². The van der Waals surface area contributed by atoms with E-state index >= 15 is 0 Å². The van der Waals surface area contributed by atoms with Crippen LogP contribution in [0.1, 0.15) is 22.3 Å². The molecule has 0 unspecified atom stereocenters. The van der Waals surface area contributed by atoms with Crippen LogP contribution < -0.4 is 4.90 Å². The first-order chi connectivity index (χ1) is 31.7. The van der Waals surface area contributed by atoms with Crippen molar-refractivity contribution in [3.63, 3.8) is 0 Å². The molecule has 0 N–H and O–H groups in total. The quantitative estimate of drug-likeness (QED) is 0.162. The molecule has 0 atom stereocenters. The predicted molar refractivity (Wildman–Crippen MR) is 269 cm³/mol. The molecule has 64 heavy (non-hydrogen) atoms. The van der Waals surface area contributed by atoms with Gasteiger partial charge in [-0.25, -0.2) is 0 Å². The second kappa shape index (κ2) is 14.4. The van der Waals surface area contributed by atoms with Crippen LogP contribution in [0.2, 0.25) is 0 Å². The summed E-state index contributed by atoms with van der Waals surface area (Å²) in [5.41, 5.74) is 20.8. The average Bonchev–Trinajstić information content (AvgIpc) is 3.84. The number of anilines is 3. The third-order valence-corrected chi connectivity index (χ3v) is 13.9. The minimum Gasteiger partial charge on any atom is -0.310 e. The molecule has 1 heteroatoms. The van der Waals surface area contributed by atoms with Crippen molar-refractivity contribution in [2.24, 2.45) is 0 Å². The predicted octanol–water partition coefficient (Wildman–Crippen LogP) is 16.8. The van der Waals surface area contributed by atoms with Gasteiger partial charge in [-0.1, -0.05) is 206 Å². The minimum atomic E-state index is -0.426. The Bertz CT molecular complexity index is 3550. The van der Waals surface area contributed by atoms with Gasteiger partial charge in [0.1, 0.15) is 0 Å². The molecule has 298 valence electrons. The number of nitrogens with zero attached hydrogens (tertiary/aromatic N) is 1. The lowest BCUT2D eigenvalue weighted by atomic mass is 9.70. The molecule has 13 rings (SSSR count). The van der Waals surface area contributed by atoms with Gasteiger partial charge in [0.05, 0.1) is 5.41 Å². The molecule has 0 amide bonds.